The first-order chi connectivity index (χ1) is 11.8. The predicted molar refractivity (Wildman–Crippen MR) is 129 cm³/mol. The molecule has 2 atom stereocenters. The minimum Gasteiger partial charge on any atom is -0.0679 e. The minimum atomic E-state index is -1.65. The van der Waals surface area contributed by atoms with Gasteiger partial charge in [0.15, 0.2) is 0 Å². The van der Waals surface area contributed by atoms with Gasteiger partial charge < -0.3 is 0 Å². The lowest BCUT2D eigenvalue weighted by Crippen LogP contribution is -2.42. The van der Waals surface area contributed by atoms with Crippen LogP contribution in [0, 0.1) is 7.14 Å². The topological polar surface area (TPSA) is 0 Å². The maximum absolute atomic E-state index is 2.60. The van der Waals surface area contributed by atoms with Crippen molar-refractivity contribution in [3.63, 3.8) is 0 Å². The lowest BCUT2D eigenvalue weighted by Gasteiger charge is -2.39. The van der Waals surface area contributed by atoms with E-state index in [0.717, 1.165) is 0 Å². The molecular weight excluding hydrogens is 546 g/mol. The van der Waals surface area contributed by atoms with E-state index in [2.05, 4.69) is 121 Å². The molecule has 0 nitrogen and oxygen atoms in total. The zero-order valence-electron chi connectivity index (χ0n) is 15.0. The van der Waals surface area contributed by atoms with Gasteiger partial charge in [-0.3, -0.25) is 0 Å². The van der Waals surface area contributed by atoms with Crippen molar-refractivity contribution in [2.45, 2.75) is 38.0 Å². The fourth-order valence-corrected chi connectivity index (χ4v) is 11.5. The number of halogens is 2. The van der Waals surface area contributed by atoms with E-state index in [-0.39, 0.29) is 0 Å². The highest BCUT2D eigenvalue weighted by molar-refractivity contribution is 14.1. The van der Waals surface area contributed by atoms with Crippen molar-refractivity contribution >= 4 is 65.4 Å². The molecule has 25 heavy (non-hydrogen) atoms. The lowest BCUT2D eigenvalue weighted by molar-refractivity contribution is 0.967. The average Bonchev–Trinajstić information content (AvgIpc) is 3.06. The molecule has 2 aromatic rings. The molecule has 0 radical (unpaired) electrons. The molecule has 0 heterocycles. The third-order valence-corrected chi connectivity index (χ3v) is 12.3. The molecule has 0 aromatic heterocycles. The molecule has 0 saturated heterocycles. The summed E-state index contributed by atoms with van der Waals surface area (Å²) in [4.78, 5) is 0. The van der Waals surface area contributed by atoms with E-state index in [1.54, 1.807) is 22.3 Å². The standard InChI is InChI=1S/C22H22I2Si/c1-13-11-17-15(7-5-9-19(17)23)21(13)25(3,4)22-14(2)12-18-16(22)8-6-10-20(18)24/h5-12,21-22H,1-4H3. The van der Waals surface area contributed by atoms with Gasteiger partial charge in [-0.1, -0.05) is 60.7 Å². The minimum absolute atomic E-state index is 0.606. The van der Waals surface area contributed by atoms with E-state index < -0.39 is 8.07 Å². The Labute approximate surface area is 179 Å². The smallest absolute Gasteiger partial charge is 0.0679 e. The van der Waals surface area contributed by atoms with E-state index in [1.165, 1.54) is 18.3 Å². The molecule has 2 aliphatic carbocycles. The third kappa shape index (κ3) is 2.72. The number of benzene rings is 2. The molecule has 0 aliphatic heterocycles. The molecule has 2 aliphatic rings. The molecule has 4 rings (SSSR count). The van der Waals surface area contributed by atoms with Crippen LogP contribution < -0.4 is 0 Å². The van der Waals surface area contributed by atoms with Crippen LogP contribution in [0.3, 0.4) is 0 Å². The highest BCUT2D eigenvalue weighted by Gasteiger charge is 2.46. The average molecular weight is 568 g/mol. The molecular formula is C22H22I2Si. The van der Waals surface area contributed by atoms with Crippen LogP contribution in [0.2, 0.25) is 13.1 Å². The van der Waals surface area contributed by atoms with Crippen molar-refractivity contribution in [2.24, 2.45) is 0 Å². The number of rotatable bonds is 2. The first kappa shape index (κ1) is 18.0. The Morgan fingerprint density at radius 2 is 1.12 bits per heavy atom. The highest BCUT2D eigenvalue weighted by Crippen LogP contribution is 2.52. The Bertz CT molecular complexity index is 862. The van der Waals surface area contributed by atoms with Gasteiger partial charge in [0.05, 0.1) is 8.07 Å². The van der Waals surface area contributed by atoms with Crippen LogP contribution >= 0.6 is 45.2 Å². The summed E-state index contributed by atoms with van der Waals surface area (Å²) in [7, 11) is -1.65. The number of fused-ring (bicyclic) bond motifs is 2. The van der Waals surface area contributed by atoms with Gasteiger partial charge in [0.25, 0.3) is 0 Å². The van der Waals surface area contributed by atoms with Gasteiger partial charge >= 0.3 is 0 Å². The molecule has 2 unspecified atom stereocenters. The zero-order chi connectivity index (χ0) is 17.9. The second kappa shape index (κ2) is 6.34. The van der Waals surface area contributed by atoms with Crippen molar-refractivity contribution in [3.05, 3.63) is 76.9 Å². The summed E-state index contributed by atoms with van der Waals surface area (Å²) in [5.74, 6) is 0. The van der Waals surface area contributed by atoms with E-state index in [1.807, 2.05) is 0 Å². The second-order valence-electron chi connectivity index (χ2n) is 7.95. The van der Waals surface area contributed by atoms with Crippen molar-refractivity contribution in [1.82, 2.24) is 0 Å². The second-order valence-corrected chi connectivity index (χ2v) is 15.1. The van der Waals surface area contributed by atoms with Gasteiger partial charge in [-0.15, -0.1) is 0 Å². The van der Waals surface area contributed by atoms with Gasteiger partial charge in [0, 0.05) is 18.2 Å². The summed E-state index contributed by atoms with van der Waals surface area (Å²) in [5.41, 5.74) is 10.4. The number of hydrogen-bond acceptors (Lipinski definition) is 0. The number of allylic oxidation sites excluding steroid dienone is 2. The normalized spacial score (nSPS) is 21.7. The molecule has 0 amide bonds. The van der Waals surface area contributed by atoms with Crippen molar-refractivity contribution < 1.29 is 0 Å². The summed E-state index contributed by atoms with van der Waals surface area (Å²) in [5, 5.41) is 0. The maximum atomic E-state index is 2.60. The first-order valence-electron chi connectivity index (χ1n) is 8.75. The van der Waals surface area contributed by atoms with Crippen molar-refractivity contribution in [1.29, 1.82) is 0 Å². The molecule has 2 aromatic carbocycles. The van der Waals surface area contributed by atoms with Gasteiger partial charge in [-0.2, -0.15) is 0 Å². The molecule has 0 bridgehead atoms. The summed E-state index contributed by atoms with van der Waals surface area (Å²) >= 11 is 4.98. The molecule has 128 valence electrons. The van der Waals surface area contributed by atoms with E-state index in [4.69, 9.17) is 0 Å². The SMILES string of the molecule is CC1=Cc2c(I)cccc2C1[Si](C)(C)C1C(C)=Cc2c(I)cccc21. The van der Waals surface area contributed by atoms with Crippen LogP contribution in [0.15, 0.2) is 47.5 Å². The van der Waals surface area contributed by atoms with E-state index in [0.29, 0.717) is 11.1 Å². The lowest BCUT2D eigenvalue weighted by atomic mass is 10.1. The fourth-order valence-electron chi connectivity index (χ4n) is 5.17. The Morgan fingerprint density at radius 1 is 0.720 bits per heavy atom. The van der Waals surface area contributed by atoms with Gasteiger partial charge in [-0.25, -0.2) is 0 Å². The van der Waals surface area contributed by atoms with E-state index in [9.17, 15) is 0 Å². The first-order valence-corrected chi connectivity index (χ1v) is 14.1. The monoisotopic (exact) mass is 568 g/mol. The fraction of sp³-hybridized carbons (Fsp3) is 0.273. The van der Waals surface area contributed by atoms with Crippen LogP contribution in [-0.2, 0) is 0 Å². The molecule has 0 fully saturated rings. The Hall–Kier alpha value is -0.403. The zero-order valence-corrected chi connectivity index (χ0v) is 20.3. The largest absolute Gasteiger partial charge is 0.0722 e. The van der Waals surface area contributed by atoms with Crippen LogP contribution in [-0.4, -0.2) is 8.07 Å². The van der Waals surface area contributed by atoms with Crippen LogP contribution in [0.4, 0.5) is 0 Å². The Morgan fingerprint density at radius 3 is 1.52 bits per heavy atom. The highest BCUT2D eigenvalue weighted by atomic mass is 127. The summed E-state index contributed by atoms with van der Waals surface area (Å²) in [6.45, 7) is 9.89. The van der Waals surface area contributed by atoms with Crippen molar-refractivity contribution in [3.8, 4) is 0 Å². The summed E-state index contributed by atoms with van der Waals surface area (Å²) < 4.78 is 2.77. The number of hydrogen-bond donors (Lipinski definition) is 0. The molecule has 0 N–H and O–H groups in total. The quantitative estimate of drug-likeness (QED) is 0.262. The third-order valence-electron chi connectivity index (χ3n) is 5.94. The van der Waals surface area contributed by atoms with Crippen LogP contribution in [0.25, 0.3) is 12.2 Å². The predicted octanol–water partition coefficient (Wildman–Crippen LogP) is 7.38. The van der Waals surface area contributed by atoms with Crippen LogP contribution in [0.1, 0.15) is 47.2 Å². The Balaban J connectivity index is 1.86. The van der Waals surface area contributed by atoms with Gasteiger partial charge in [-0.05, 0) is 93.4 Å². The molecule has 0 spiro atoms. The molecule has 0 saturated carbocycles. The van der Waals surface area contributed by atoms with E-state index >= 15 is 0 Å². The Kier molecular flexibility index (Phi) is 4.56. The van der Waals surface area contributed by atoms with Crippen molar-refractivity contribution in [2.75, 3.05) is 0 Å². The van der Waals surface area contributed by atoms with Gasteiger partial charge in [0.1, 0.15) is 0 Å². The van der Waals surface area contributed by atoms with Crippen LogP contribution in [0.5, 0.6) is 0 Å². The maximum Gasteiger partial charge on any atom is 0.0722 e. The summed E-state index contributed by atoms with van der Waals surface area (Å²) in [6, 6.07) is 13.7. The summed E-state index contributed by atoms with van der Waals surface area (Å²) in [6.07, 6.45) is 4.89. The molecule has 3 heteroatoms. The van der Waals surface area contributed by atoms with Gasteiger partial charge in [0.2, 0.25) is 0 Å².